The zero-order valence-electron chi connectivity index (χ0n) is 14.7. The van der Waals surface area contributed by atoms with E-state index in [9.17, 15) is 4.79 Å². The first-order valence-electron chi connectivity index (χ1n) is 8.70. The number of nitrogens with two attached hydrogens (primary N) is 1. The first-order chi connectivity index (χ1) is 12.1. The summed E-state index contributed by atoms with van der Waals surface area (Å²) < 4.78 is 1.60. The summed E-state index contributed by atoms with van der Waals surface area (Å²) in [7, 11) is 0. The number of nitrogens with zero attached hydrogens (tertiary/aromatic N) is 3. The van der Waals surface area contributed by atoms with Gasteiger partial charge in [0.1, 0.15) is 5.52 Å². The summed E-state index contributed by atoms with van der Waals surface area (Å²) in [6.07, 6.45) is 3.05. The summed E-state index contributed by atoms with van der Waals surface area (Å²) >= 11 is 0. The smallest absolute Gasteiger partial charge is 0.328 e. The molecular weight excluding hydrogens is 316 g/mol. The minimum absolute atomic E-state index is 0.233. The van der Waals surface area contributed by atoms with Gasteiger partial charge in [0.15, 0.2) is 11.5 Å². The molecule has 4 N–H and O–H groups in total. The fraction of sp³-hybridized carbons (Fsp3) is 0.389. The molecule has 2 heterocycles. The number of fused-ring (bicyclic) bond motifs is 1. The molecule has 25 heavy (non-hydrogen) atoms. The van der Waals surface area contributed by atoms with Crippen LogP contribution in [0.4, 0.5) is 11.8 Å². The molecule has 7 nitrogen and oxygen atoms in total. The molecule has 0 aliphatic heterocycles. The van der Waals surface area contributed by atoms with Crippen molar-refractivity contribution in [2.24, 2.45) is 0 Å². The van der Waals surface area contributed by atoms with E-state index >= 15 is 0 Å². The standard InChI is InChI=1S/C18H24N6O/c1-3-5-9-20-17-22-15(19)14-16(23-17)24(18(25)21-14)11-13-8-6-7-12(4-2)10-13/h6-8,10H,3-5,9,11H2,1-2H3,(H,21,25)(H3,19,20,22,23). The maximum Gasteiger partial charge on any atom is 0.328 e. The number of nitrogen functional groups attached to an aromatic ring is 1. The van der Waals surface area contributed by atoms with Crippen molar-refractivity contribution in [2.45, 2.75) is 39.7 Å². The van der Waals surface area contributed by atoms with Crippen molar-refractivity contribution in [2.75, 3.05) is 17.6 Å². The van der Waals surface area contributed by atoms with Gasteiger partial charge in [0.05, 0.1) is 6.54 Å². The van der Waals surface area contributed by atoms with Gasteiger partial charge < -0.3 is 16.0 Å². The molecule has 7 heteroatoms. The lowest BCUT2D eigenvalue weighted by Crippen LogP contribution is -2.18. The first kappa shape index (κ1) is 17.0. The lowest BCUT2D eigenvalue weighted by Gasteiger charge is -2.08. The number of aromatic amines is 1. The quantitative estimate of drug-likeness (QED) is 0.574. The lowest BCUT2D eigenvalue weighted by atomic mass is 10.1. The summed E-state index contributed by atoms with van der Waals surface area (Å²) in [4.78, 5) is 23.9. The summed E-state index contributed by atoms with van der Waals surface area (Å²) in [5, 5.41) is 3.17. The highest BCUT2D eigenvalue weighted by Gasteiger charge is 2.14. The van der Waals surface area contributed by atoms with Gasteiger partial charge in [-0.15, -0.1) is 0 Å². The second-order valence-electron chi connectivity index (χ2n) is 6.10. The summed E-state index contributed by atoms with van der Waals surface area (Å²) in [5.41, 5.74) is 9.08. The molecule has 3 rings (SSSR count). The van der Waals surface area contributed by atoms with Gasteiger partial charge in [0.25, 0.3) is 0 Å². The van der Waals surface area contributed by atoms with Gasteiger partial charge in [-0.1, -0.05) is 44.5 Å². The van der Waals surface area contributed by atoms with Crippen LogP contribution in [-0.4, -0.2) is 26.1 Å². The lowest BCUT2D eigenvalue weighted by molar-refractivity contribution is 0.775. The molecule has 0 fully saturated rings. The van der Waals surface area contributed by atoms with Crippen LogP contribution in [0.15, 0.2) is 29.1 Å². The normalized spacial score (nSPS) is 11.1. The highest BCUT2D eigenvalue weighted by molar-refractivity contribution is 5.82. The van der Waals surface area contributed by atoms with Gasteiger partial charge in [-0.2, -0.15) is 9.97 Å². The molecule has 0 amide bonds. The van der Waals surface area contributed by atoms with E-state index in [0.717, 1.165) is 31.4 Å². The van der Waals surface area contributed by atoms with Crippen LogP contribution >= 0.6 is 0 Å². The van der Waals surface area contributed by atoms with Crippen molar-refractivity contribution in [1.29, 1.82) is 0 Å². The number of nitrogens with one attached hydrogen (secondary N) is 2. The predicted molar refractivity (Wildman–Crippen MR) is 101 cm³/mol. The van der Waals surface area contributed by atoms with Crippen molar-refractivity contribution in [3.63, 3.8) is 0 Å². The van der Waals surface area contributed by atoms with E-state index in [-0.39, 0.29) is 11.5 Å². The number of hydrogen-bond donors (Lipinski definition) is 3. The molecule has 0 radical (unpaired) electrons. The van der Waals surface area contributed by atoms with Crippen LogP contribution in [0, 0.1) is 0 Å². The Hall–Kier alpha value is -2.83. The average molecular weight is 340 g/mol. The fourth-order valence-corrected chi connectivity index (χ4v) is 2.78. The molecule has 0 saturated heterocycles. The number of rotatable bonds is 7. The fourth-order valence-electron chi connectivity index (χ4n) is 2.78. The van der Waals surface area contributed by atoms with Crippen molar-refractivity contribution >= 4 is 22.9 Å². The second kappa shape index (κ2) is 7.38. The Kier molecular flexibility index (Phi) is 5.02. The van der Waals surface area contributed by atoms with Crippen molar-refractivity contribution in [3.05, 3.63) is 45.9 Å². The van der Waals surface area contributed by atoms with Gasteiger partial charge in [-0.25, -0.2) is 4.79 Å². The number of aryl methyl sites for hydroxylation is 1. The van der Waals surface area contributed by atoms with Crippen LogP contribution in [0.25, 0.3) is 11.2 Å². The van der Waals surface area contributed by atoms with Crippen LogP contribution in [-0.2, 0) is 13.0 Å². The number of anilines is 2. The van der Waals surface area contributed by atoms with Crippen LogP contribution in [0.2, 0.25) is 0 Å². The SMILES string of the molecule is CCCCNc1nc(N)c2[nH]c(=O)n(Cc3cccc(CC)c3)c2n1. The third-order valence-electron chi connectivity index (χ3n) is 4.20. The number of hydrogen-bond acceptors (Lipinski definition) is 5. The first-order valence-corrected chi connectivity index (χ1v) is 8.70. The van der Waals surface area contributed by atoms with Crippen LogP contribution < -0.4 is 16.7 Å². The molecule has 0 bridgehead atoms. The maximum absolute atomic E-state index is 12.4. The Labute approximate surface area is 146 Å². The molecule has 0 saturated carbocycles. The molecule has 3 aromatic rings. The highest BCUT2D eigenvalue weighted by atomic mass is 16.1. The van der Waals surface area contributed by atoms with E-state index in [0.29, 0.717) is 23.7 Å². The molecule has 1 aromatic carbocycles. The zero-order valence-corrected chi connectivity index (χ0v) is 14.7. The molecule has 0 aliphatic rings. The van der Waals surface area contributed by atoms with E-state index < -0.39 is 0 Å². The Morgan fingerprint density at radius 2 is 2.04 bits per heavy atom. The van der Waals surface area contributed by atoms with Gasteiger partial charge in [0.2, 0.25) is 5.95 Å². The summed E-state index contributed by atoms with van der Waals surface area (Å²) in [6, 6.07) is 8.21. The molecule has 132 valence electrons. The highest BCUT2D eigenvalue weighted by Crippen LogP contribution is 2.18. The van der Waals surface area contributed by atoms with Gasteiger partial charge in [0, 0.05) is 6.54 Å². The number of unbranched alkanes of at least 4 members (excludes halogenated alkanes) is 1. The number of H-pyrrole nitrogens is 1. The van der Waals surface area contributed by atoms with Crippen molar-refractivity contribution in [3.8, 4) is 0 Å². The summed E-state index contributed by atoms with van der Waals surface area (Å²) in [6.45, 7) is 5.44. The second-order valence-corrected chi connectivity index (χ2v) is 6.10. The van der Waals surface area contributed by atoms with E-state index in [1.807, 2.05) is 12.1 Å². The third-order valence-corrected chi connectivity index (χ3v) is 4.20. The van der Waals surface area contributed by atoms with Gasteiger partial charge in [-0.05, 0) is 24.0 Å². The predicted octanol–water partition coefficient (Wildman–Crippen LogP) is 2.52. The van der Waals surface area contributed by atoms with Crippen LogP contribution in [0.1, 0.15) is 37.8 Å². The van der Waals surface area contributed by atoms with E-state index in [4.69, 9.17) is 5.73 Å². The largest absolute Gasteiger partial charge is 0.382 e. The molecule has 0 unspecified atom stereocenters. The minimum atomic E-state index is -0.233. The van der Waals surface area contributed by atoms with Gasteiger partial charge >= 0.3 is 5.69 Å². The average Bonchev–Trinajstić information content (AvgIpc) is 2.92. The van der Waals surface area contributed by atoms with Crippen molar-refractivity contribution in [1.82, 2.24) is 19.5 Å². The topological polar surface area (TPSA) is 102 Å². The molecule has 0 spiro atoms. The molecular formula is C18H24N6O. The van der Waals surface area contributed by atoms with Gasteiger partial charge in [-0.3, -0.25) is 4.57 Å². The zero-order chi connectivity index (χ0) is 17.8. The third kappa shape index (κ3) is 3.65. The van der Waals surface area contributed by atoms with E-state index in [1.165, 1.54) is 5.56 Å². The Morgan fingerprint density at radius 1 is 1.24 bits per heavy atom. The number of aromatic nitrogens is 4. The maximum atomic E-state index is 12.4. The van der Waals surface area contributed by atoms with Crippen molar-refractivity contribution < 1.29 is 0 Å². The minimum Gasteiger partial charge on any atom is -0.382 e. The molecule has 2 aromatic heterocycles. The van der Waals surface area contributed by atoms with E-state index in [1.54, 1.807) is 4.57 Å². The Morgan fingerprint density at radius 3 is 2.80 bits per heavy atom. The number of imidazole rings is 1. The van der Waals surface area contributed by atoms with E-state index in [2.05, 4.69) is 46.2 Å². The van der Waals surface area contributed by atoms with Crippen LogP contribution in [0.5, 0.6) is 0 Å². The molecule has 0 aliphatic carbocycles. The van der Waals surface area contributed by atoms with Crippen LogP contribution in [0.3, 0.4) is 0 Å². The number of benzene rings is 1. The monoisotopic (exact) mass is 340 g/mol. The summed E-state index contributed by atoms with van der Waals surface area (Å²) in [5.74, 6) is 0.732. The Bertz CT molecular complexity index is 927. The molecule has 0 atom stereocenters. The Balaban J connectivity index is 1.98.